The average Bonchev–Trinajstić information content (AvgIpc) is 2.81. The standard InChI is InChI=1S/C24H35F3N4O2/c1-17(2)14-29-9-11-30(12-10-29)23-8-13-33-22(4,15-23)18(3)21(32)31(16-23)20-7-5-6-19(28-20)24(25,26)27/h5-7,17-18H,8-16H2,1-4H3. The van der Waals surface area contributed by atoms with Gasteiger partial charge in [0.2, 0.25) is 5.91 Å². The topological polar surface area (TPSA) is 48.9 Å². The molecule has 3 unspecified atom stereocenters. The molecule has 3 saturated heterocycles. The zero-order valence-corrected chi connectivity index (χ0v) is 20.0. The predicted octanol–water partition coefficient (Wildman–Crippen LogP) is 3.66. The Kier molecular flexibility index (Phi) is 6.52. The van der Waals surface area contributed by atoms with Crippen LogP contribution < -0.4 is 4.90 Å². The van der Waals surface area contributed by atoms with Crippen molar-refractivity contribution in [2.24, 2.45) is 11.8 Å². The van der Waals surface area contributed by atoms with Crippen LogP contribution >= 0.6 is 0 Å². The summed E-state index contributed by atoms with van der Waals surface area (Å²) in [5.41, 5.74) is -2.00. The van der Waals surface area contributed by atoms with Crippen molar-refractivity contribution in [2.75, 3.05) is 50.8 Å². The van der Waals surface area contributed by atoms with E-state index in [-0.39, 0.29) is 17.3 Å². The molecule has 3 aliphatic heterocycles. The summed E-state index contributed by atoms with van der Waals surface area (Å²) in [6, 6.07) is 3.78. The lowest BCUT2D eigenvalue weighted by Crippen LogP contribution is -2.64. The Labute approximate surface area is 194 Å². The zero-order valence-electron chi connectivity index (χ0n) is 20.0. The molecular formula is C24H35F3N4O2. The Morgan fingerprint density at radius 1 is 1.21 bits per heavy atom. The van der Waals surface area contributed by atoms with Gasteiger partial charge in [-0.3, -0.25) is 14.6 Å². The summed E-state index contributed by atoms with van der Waals surface area (Å²) in [6.07, 6.45) is -3.15. The van der Waals surface area contributed by atoms with Crippen molar-refractivity contribution in [2.45, 2.75) is 57.9 Å². The number of alkyl halides is 3. The second-order valence-corrected chi connectivity index (χ2v) is 10.5. The summed E-state index contributed by atoms with van der Waals surface area (Å²) in [5, 5.41) is 0. The Morgan fingerprint density at radius 2 is 1.91 bits per heavy atom. The number of rotatable bonds is 4. The fourth-order valence-corrected chi connectivity index (χ4v) is 5.76. The van der Waals surface area contributed by atoms with Crippen molar-refractivity contribution in [3.05, 3.63) is 23.9 Å². The summed E-state index contributed by atoms with van der Waals surface area (Å²) < 4.78 is 46.2. The number of piperazine rings is 1. The van der Waals surface area contributed by atoms with Crippen molar-refractivity contribution in [1.82, 2.24) is 14.8 Å². The van der Waals surface area contributed by atoms with Crippen LogP contribution in [0.2, 0.25) is 0 Å². The third kappa shape index (κ3) is 4.77. The third-order valence-electron chi connectivity index (χ3n) is 7.65. The molecule has 3 fully saturated rings. The number of aromatic nitrogens is 1. The maximum atomic E-state index is 13.6. The van der Waals surface area contributed by atoms with Gasteiger partial charge >= 0.3 is 6.18 Å². The second kappa shape index (κ2) is 8.82. The van der Waals surface area contributed by atoms with Crippen LogP contribution in [0.5, 0.6) is 0 Å². The Balaban J connectivity index is 1.67. The van der Waals surface area contributed by atoms with Gasteiger partial charge in [-0.25, -0.2) is 4.98 Å². The number of hydrogen-bond donors (Lipinski definition) is 0. The second-order valence-electron chi connectivity index (χ2n) is 10.5. The number of nitrogens with zero attached hydrogens (tertiary/aromatic N) is 4. The first kappa shape index (κ1) is 24.4. The number of carbonyl (C=O) groups is 1. The molecule has 6 nitrogen and oxygen atoms in total. The maximum Gasteiger partial charge on any atom is 0.433 e. The van der Waals surface area contributed by atoms with Crippen molar-refractivity contribution in [3.8, 4) is 0 Å². The number of fused-ring (bicyclic) bond motifs is 2. The quantitative estimate of drug-likeness (QED) is 0.675. The highest BCUT2D eigenvalue weighted by Crippen LogP contribution is 2.45. The molecule has 0 spiro atoms. The molecule has 4 heterocycles. The van der Waals surface area contributed by atoms with Gasteiger partial charge in [-0.1, -0.05) is 26.8 Å². The van der Waals surface area contributed by atoms with Gasteiger partial charge in [-0.2, -0.15) is 13.2 Å². The first-order chi connectivity index (χ1) is 15.4. The highest BCUT2D eigenvalue weighted by Gasteiger charge is 2.56. The smallest absolute Gasteiger partial charge is 0.374 e. The van der Waals surface area contributed by atoms with E-state index in [4.69, 9.17) is 4.74 Å². The van der Waals surface area contributed by atoms with Gasteiger partial charge in [0.25, 0.3) is 0 Å². The van der Waals surface area contributed by atoms with Gasteiger partial charge < -0.3 is 9.64 Å². The predicted molar refractivity (Wildman–Crippen MR) is 120 cm³/mol. The number of carbonyl (C=O) groups excluding carboxylic acids is 1. The van der Waals surface area contributed by atoms with Crippen LogP contribution in [-0.4, -0.2) is 77.7 Å². The highest BCUT2D eigenvalue weighted by atomic mass is 19.4. The van der Waals surface area contributed by atoms with Crippen LogP contribution in [0.4, 0.5) is 19.0 Å². The van der Waals surface area contributed by atoms with E-state index in [9.17, 15) is 18.0 Å². The Hall–Kier alpha value is -1.71. The third-order valence-corrected chi connectivity index (χ3v) is 7.65. The average molecular weight is 469 g/mol. The molecule has 3 aliphatic rings. The van der Waals surface area contributed by atoms with Gasteiger partial charge in [0.1, 0.15) is 11.5 Å². The molecule has 1 amide bonds. The van der Waals surface area contributed by atoms with Crippen molar-refractivity contribution in [1.29, 1.82) is 0 Å². The van der Waals surface area contributed by atoms with Crippen molar-refractivity contribution >= 4 is 11.7 Å². The van der Waals surface area contributed by atoms with E-state index < -0.39 is 23.4 Å². The van der Waals surface area contributed by atoms with E-state index >= 15 is 0 Å². The molecule has 3 atom stereocenters. The SMILES string of the molecule is CC(C)CN1CCN(C23CCOC(C)(C2)C(C)C(=O)N(c2cccc(C(F)(F)F)n2)C3)CC1. The lowest BCUT2D eigenvalue weighted by Gasteiger charge is -2.53. The van der Waals surface area contributed by atoms with E-state index in [1.807, 2.05) is 13.8 Å². The molecule has 0 aliphatic carbocycles. The normalized spacial score (nSPS) is 32.3. The lowest BCUT2D eigenvalue weighted by molar-refractivity contribution is -0.156. The molecule has 1 aromatic rings. The van der Waals surface area contributed by atoms with Gasteiger partial charge in [0.15, 0.2) is 0 Å². The molecule has 33 heavy (non-hydrogen) atoms. The van der Waals surface area contributed by atoms with Crippen molar-refractivity contribution in [3.63, 3.8) is 0 Å². The van der Waals surface area contributed by atoms with Crippen molar-refractivity contribution < 1.29 is 22.7 Å². The maximum absolute atomic E-state index is 13.6. The molecule has 1 aromatic heterocycles. The monoisotopic (exact) mass is 468 g/mol. The molecule has 0 N–H and O–H groups in total. The van der Waals surface area contributed by atoms with Crippen LogP contribution in [0.1, 0.15) is 46.2 Å². The van der Waals surface area contributed by atoms with Crippen LogP contribution in [0.25, 0.3) is 0 Å². The van der Waals surface area contributed by atoms with Gasteiger partial charge in [-0.05, 0) is 37.8 Å². The summed E-state index contributed by atoms with van der Waals surface area (Å²) in [7, 11) is 0. The summed E-state index contributed by atoms with van der Waals surface area (Å²) in [4.78, 5) is 23.8. The minimum absolute atomic E-state index is 0.0654. The van der Waals surface area contributed by atoms with E-state index in [0.717, 1.165) is 45.2 Å². The summed E-state index contributed by atoms with van der Waals surface area (Å²) in [5.74, 6) is -0.0552. The number of ether oxygens (including phenoxy) is 1. The minimum Gasteiger partial charge on any atom is -0.374 e. The van der Waals surface area contributed by atoms with Crippen LogP contribution in [0.15, 0.2) is 18.2 Å². The highest BCUT2D eigenvalue weighted by molar-refractivity contribution is 5.95. The molecule has 0 aromatic carbocycles. The first-order valence-corrected chi connectivity index (χ1v) is 11.9. The number of halogens is 3. The molecule has 2 bridgehead atoms. The van der Waals surface area contributed by atoms with Gasteiger partial charge in [0, 0.05) is 51.4 Å². The Morgan fingerprint density at radius 3 is 2.55 bits per heavy atom. The largest absolute Gasteiger partial charge is 0.433 e. The number of amides is 1. The minimum atomic E-state index is -4.56. The van der Waals surface area contributed by atoms with Crippen LogP contribution in [0, 0.1) is 11.8 Å². The molecule has 0 saturated carbocycles. The lowest BCUT2D eigenvalue weighted by atomic mass is 9.75. The molecule has 0 radical (unpaired) electrons. The van der Waals surface area contributed by atoms with E-state index in [2.05, 4.69) is 28.6 Å². The van der Waals surface area contributed by atoms with E-state index in [1.165, 1.54) is 17.0 Å². The Bertz CT molecular complexity index is 872. The zero-order chi connectivity index (χ0) is 24.0. The molecular weight excluding hydrogens is 433 g/mol. The number of pyridine rings is 1. The number of anilines is 1. The van der Waals surface area contributed by atoms with Crippen LogP contribution in [0.3, 0.4) is 0 Å². The van der Waals surface area contributed by atoms with E-state index in [1.54, 1.807) is 0 Å². The first-order valence-electron chi connectivity index (χ1n) is 11.9. The fourth-order valence-electron chi connectivity index (χ4n) is 5.76. The van der Waals surface area contributed by atoms with E-state index in [0.29, 0.717) is 25.5 Å². The summed E-state index contributed by atoms with van der Waals surface area (Å²) in [6.45, 7) is 13.8. The molecule has 4 rings (SSSR count). The summed E-state index contributed by atoms with van der Waals surface area (Å²) >= 11 is 0. The van der Waals surface area contributed by atoms with Crippen LogP contribution in [-0.2, 0) is 15.7 Å². The number of hydrogen-bond acceptors (Lipinski definition) is 5. The molecule has 9 heteroatoms. The van der Waals surface area contributed by atoms with Gasteiger partial charge in [0.05, 0.1) is 11.5 Å². The van der Waals surface area contributed by atoms with Gasteiger partial charge in [-0.15, -0.1) is 0 Å². The fraction of sp³-hybridized carbons (Fsp3) is 0.750. The molecule has 184 valence electrons.